The molecule has 5 nitrogen and oxygen atoms in total. The summed E-state index contributed by atoms with van der Waals surface area (Å²) in [5.74, 6) is 0.0287. The molecule has 104 valence electrons. The lowest BCUT2D eigenvalue weighted by Gasteiger charge is -2.38. The number of amides is 1. The van der Waals surface area contributed by atoms with Crippen molar-refractivity contribution in [1.82, 2.24) is 14.8 Å². The Morgan fingerprint density at radius 2 is 2.11 bits per heavy atom. The predicted molar refractivity (Wildman–Crippen MR) is 74.8 cm³/mol. The molecule has 1 atom stereocenters. The highest BCUT2D eigenvalue weighted by Crippen LogP contribution is 2.10. The van der Waals surface area contributed by atoms with Crippen LogP contribution in [0.1, 0.15) is 23.8 Å². The van der Waals surface area contributed by atoms with Gasteiger partial charge in [0.1, 0.15) is 5.69 Å². The zero-order chi connectivity index (χ0) is 13.7. The van der Waals surface area contributed by atoms with Crippen LogP contribution in [0.15, 0.2) is 24.4 Å². The van der Waals surface area contributed by atoms with Crippen molar-refractivity contribution in [3.8, 4) is 0 Å². The van der Waals surface area contributed by atoms with E-state index in [1.54, 1.807) is 12.3 Å². The Morgan fingerprint density at radius 3 is 2.63 bits per heavy atom. The first kappa shape index (κ1) is 14.0. The number of pyridine rings is 1. The van der Waals surface area contributed by atoms with Crippen molar-refractivity contribution in [3.63, 3.8) is 0 Å². The molecular weight excluding hydrogens is 240 g/mol. The molecule has 1 aliphatic heterocycles. The third kappa shape index (κ3) is 3.30. The second-order valence-corrected chi connectivity index (χ2v) is 4.84. The number of aromatic nitrogens is 1. The van der Waals surface area contributed by atoms with Crippen LogP contribution in [-0.2, 0) is 0 Å². The van der Waals surface area contributed by atoms with E-state index in [9.17, 15) is 4.79 Å². The van der Waals surface area contributed by atoms with Gasteiger partial charge in [-0.3, -0.25) is 14.7 Å². The zero-order valence-corrected chi connectivity index (χ0v) is 11.5. The van der Waals surface area contributed by atoms with Crippen molar-refractivity contribution < 1.29 is 4.79 Å². The Bertz CT molecular complexity index is 397. The first-order chi connectivity index (χ1) is 9.26. The summed E-state index contributed by atoms with van der Waals surface area (Å²) in [5, 5.41) is 0. The van der Waals surface area contributed by atoms with E-state index in [2.05, 4.69) is 16.8 Å². The monoisotopic (exact) mass is 262 g/mol. The minimum absolute atomic E-state index is 0.0287. The molecule has 19 heavy (non-hydrogen) atoms. The summed E-state index contributed by atoms with van der Waals surface area (Å²) in [6, 6.07) is 5.87. The number of nitrogens with zero attached hydrogens (tertiary/aromatic N) is 3. The molecule has 2 heterocycles. The number of hydrogen-bond donors (Lipinski definition) is 1. The molecule has 1 aromatic rings. The third-order valence-electron chi connectivity index (χ3n) is 3.75. The Hall–Kier alpha value is -1.46. The Labute approximate surface area is 114 Å². The number of nitrogens with two attached hydrogens (primary N) is 1. The van der Waals surface area contributed by atoms with Gasteiger partial charge >= 0.3 is 0 Å². The van der Waals surface area contributed by atoms with Crippen LogP contribution in [0.4, 0.5) is 0 Å². The highest BCUT2D eigenvalue weighted by Gasteiger charge is 2.25. The van der Waals surface area contributed by atoms with Gasteiger partial charge in [-0.05, 0) is 18.6 Å². The maximum atomic E-state index is 12.2. The molecule has 2 rings (SSSR count). The summed E-state index contributed by atoms with van der Waals surface area (Å²) >= 11 is 0. The summed E-state index contributed by atoms with van der Waals surface area (Å²) in [6.45, 7) is 6.15. The smallest absolute Gasteiger partial charge is 0.272 e. The van der Waals surface area contributed by atoms with Crippen LogP contribution in [0, 0.1) is 0 Å². The molecule has 1 unspecified atom stereocenters. The van der Waals surface area contributed by atoms with Crippen molar-refractivity contribution in [1.29, 1.82) is 0 Å². The lowest BCUT2D eigenvalue weighted by atomic mass is 10.1. The van der Waals surface area contributed by atoms with Crippen LogP contribution < -0.4 is 5.73 Å². The highest BCUT2D eigenvalue weighted by molar-refractivity contribution is 5.92. The van der Waals surface area contributed by atoms with E-state index in [0.29, 0.717) is 18.3 Å². The summed E-state index contributed by atoms with van der Waals surface area (Å²) in [7, 11) is 0. The van der Waals surface area contributed by atoms with Crippen LogP contribution in [0.5, 0.6) is 0 Å². The number of carbonyl (C=O) groups is 1. The van der Waals surface area contributed by atoms with Crippen molar-refractivity contribution >= 4 is 5.91 Å². The normalized spacial score (nSPS) is 18.3. The van der Waals surface area contributed by atoms with Crippen molar-refractivity contribution in [2.24, 2.45) is 5.73 Å². The Balaban J connectivity index is 1.91. The van der Waals surface area contributed by atoms with Crippen LogP contribution in [0.2, 0.25) is 0 Å². The second-order valence-electron chi connectivity index (χ2n) is 4.84. The van der Waals surface area contributed by atoms with Gasteiger partial charge in [0.2, 0.25) is 0 Å². The second kappa shape index (κ2) is 6.63. The fourth-order valence-electron chi connectivity index (χ4n) is 2.52. The molecule has 1 aliphatic rings. The molecular formula is C14H22N4O. The summed E-state index contributed by atoms with van der Waals surface area (Å²) in [4.78, 5) is 20.6. The van der Waals surface area contributed by atoms with Gasteiger partial charge in [0.25, 0.3) is 5.91 Å². The molecule has 2 N–H and O–H groups in total. The van der Waals surface area contributed by atoms with E-state index in [0.717, 1.165) is 32.6 Å². The van der Waals surface area contributed by atoms with E-state index in [4.69, 9.17) is 5.73 Å². The highest BCUT2D eigenvalue weighted by atomic mass is 16.2. The van der Waals surface area contributed by atoms with Gasteiger partial charge in [-0.2, -0.15) is 0 Å². The average Bonchev–Trinajstić information content (AvgIpc) is 2.49. The lowest BCUT2D eigenvalue weighted by molar-refractivity contribution is 0.0566. The topological polar surface area (TPSA) is 62.5 Å². The minimum atomic E-state index is 0.0287. The summed E-state index contributed by atoms with van der Waals surface area (Å²) in [5.41, 5.74) is 6.30. The van der Waals surface area contributed by atoms with Gasteiger partial charge in [0.05, 0.1) is 0 Å². The first-order valence-electron chi connectivity index (χ1n) is 6.90. The molecule has 0 spiro atoms. The van der Waals surface area contributed by atoms with Gasteiger partial charge in [-0.25, -0.2) is 0 Å². The zero-order valence-electron chi connectivity index (χ0n) is 11.5. The van der Waals surface area contributed by atoms with Gasteiger partial charge in [0, 0.05) is 45.0 Å². The van der Waals surface area contributed by atoms with E-state index in [-0.39, 0.29) is 5.91 Å². The molecule has 1 aromatic heterocycles. The molecule has 1 fully saturated rings. The van der Waals surface area contributed by atoms with Gasteiger partial charge < -0.3 is 10.6 Å². The molecule has 0 radical (unpaired) electrons. The van der Waals surface area contributed by atoms with E-state index in [1.165, 1.54) is 0 Å². The number of piperazine rings is 1. The largest absolute Gasteiger partial charge is 0.335 e. The van der Waals surface area contributed by atoms with Crippen LogP contribution in [0.25, 0.3) is 0 Å². The molecule has 1 saturated heterocycles. The van der Waals surface area contributed by atoms with Gasteiger partial charge in [-0.15, -0.1) is 0 Å². The maximum absolute atomic E-state index is 12.2. The molecule has 0 aromatic carbocycles. The van der Waals surface area contributed by atoms with E-state index < -0.39 is 0 Å². The van der Waals surface area contributed by atoms with E-state index >= 15 is 0 Å². The maximum Gasteiger partial charge on any atom is 0.272 e. The molecule has 1 amide bonds. The molecule has 5 heteroatoms. The SMILES string of the molecule is CCC(CN)N1CCN(C(=O)c2ccccn2)CC1. The third-order valence-corrected chi connectivity index (χ3v) is 3.75. The fraction of sp³-hybridized carbons (Fsp3) is 0.571. The minimum Gasteiger partial charge on any atom is -0.335 e. The van der Waals surface area contributed by atoms with Crippen molar-refractivity contribution in [2.75, 3.05) is 32.7 Å². The van der Waals surface area contributed by atoms with Gasteiger partial charge in [0.15, 0.2) is 0 Å². The summed E-state index contributed by atoms with van der Waals surface area (Å²) < 4.78 is 0. The number of hydrogen-bond acceptors (Lipinski definition) is 4. The Kier molecular flexibility index (Phi) is 4.87. The standard InChI is InChI=1S/C14H22N4O/c1-2-12(11-15)17-7-9-18(10-8-17)14(19)13-5-3-4-6-16-13/h3-6,12H,2,7-11,15H2,1H3. The molecule has 0 saturated carbocycles. The summed E-state index contributed by atoms with van der Waals surface area (Å²) in [6.07, 6.45) is 2.72. The number of rotatable bonds is 4. The Morgan fingerprint density at radius 1 is 1.37 bits per heavy atom. The van der Waals surface area contributed by atoms with Crippen molar-refractivity contribution in [2.45, 2.75) is 19.4 Å². The van der Waals surface area contributed by atoms with Crippen LogP contribution in [0.3, 0.4) is 0 Å². The van der Waals surface area contributed by atoms with Crippen LogP contribution in [-0.4, -0.2) is 59.5 Å². The van der Waals surface area contributed by atoms with Gasteiger partial charge in [-0.1, -0.05) is 13.0 Å². The first-order valence-corrected chi connectivity index (χ1v) is 6.90. The quantitative estimate of drug-likeness (QED) is 0.862. The number of carbonyl (C=O) groups excluding carboxylic acids is 1. The van der Waals surface area contributed by atoms with Crippen molar-refractivity contribution in [3.05, 3.63) is 30.1 Å². The molecule has 0 aliphatic carbocycles. The van der Waals surface area contributed by atoms with E-state index in [1.807, 2.05) is 17.0 Å². The lowest BCUT2D eigenvalue weighted by Crippen LogP contribution is -2.53. The predicted octanol–water partition coefficient (Wildman–Crippen LogP) is 0.577. The average molecular weight is 262 g/mol. The molecule has 0 bridgehead atoms. The van der Waals surface area contributed by atoms with Crippen LogP contribution >= 0.6 is 0 Å². The fourth-order valence-corrected chi connectivity index (χ4v) is 2.52.